The van der Waals surface area contributed by atoms with Gasteiger partial charge in [0, 0.05) is 5.41 Å². The second-order valence-corrected chi connectivity index (χ2v) is 5.05. The first-order valence-electron chi connectivity index (χ1n) is 6.58. The zero-order chi connectivity index (χ0) is 13.3. The summed E-state index contributed by atoms with van der Waals surface area (Å²) in [5, 5.41) is 0. The Morgan fingerprint density at radius 2 is 1.78 bits per heavy atom. The van der Waals surface area contributed by atoms with Crippen LogP contribution in [0.4, 0.5) is 0 Å². The van der Waals surface area contributed by atoms with E-state index in [2.05, 4.69) is 6.58 Å². The minimum Gasteiger partial charge on any atom is -0.466 e. The lowest BCUT2D eigenvalue weighted by atomic mass is 9.86. The fourth-order valence-electron chi connectivity index (χ4n) is 3.08. The lowest BCUT2D eigenvalue weighted by Gasteiger charge is -2.21. The number of allylic oxidation sites excluding steroid dienone is 1. The number of rotatable bonds is 4. The zero-order valence-electron chi connectivity index (χ0n) is 11.0. The fourth-order valence-corrected chi connectivity index (χ4v) is 3.08. The quantitative estimate of drug-likeness (QED) is 0.568. The Kier molecular flexibility index (Phi) is 3.46. The third-order valence-electron chi connectivity index (χ3n) is 4.09. The van der Waals surface area contributed by atoms with Crippen LogP contribution < -0.4 is 0 Å². The molecule has 18 heavy (non-hydrogen) atoms. The van der Waals surface area contributed by atoms with Crippen molar-refractivity contribution in [3.63, 3.8) is 0 Å². The fraction of sp³-hybridized carbons (Fsp3) is 0.714. The van der Waals surface area contributed by atoms with Gasteiger partial charge >= 0.3 is 11.9 Å². The molecule has 2 aliphatic rings. The van der Waals surface area contributed by atoms with Crippen LogP contribution in [-0.2, 0) is 19.1 Å². The van der Waals surface area contributed by atoms with Crippen LogP contribution in [0.25, 0.3) is 0 Å². The second kappa shape index (κ2) is 4.75. The molecule has 0 radical (unpaired) electrons. The van der Waals surface area contributed by atoms with Crippen molar-refractivity contribution in [1.82, 2.24) is 0 Å². The van der Waals surface area contributed by atoms with E-state index in [0.717, 1.165) is 18.4 Å². The van der Waals surface area contributed by atoms with Gasteiger partial charge in [0.2, 0.25) is 0 Å². The maximum atomic E-state index is 12.1. The molecule has 0 N–H and O–H groups in total. The predicted molar refractivity (Wildman–Crippen MR) is 65.7 cm³/mol. The normalized spacial score (nSPS) is 28.2. The maximum absolute atomic E-state index is 12.1. The van der Waals surface area contributed by atoms with Crippen LogP contribution in [0.15, 0.2) is 12.2 Å². The van der Waals surface area contributed by atoms with Gasteiger partial charge in [0.05, 0.1) is 25.0 Å². The van der Waals surface area contributed by atoms with Gasteiger partial charge in [0.25, 0.3) is 0 Å². The van der Waals surface area contributed by atoms with Crippen molar-refractivity contribution in [2.75, 3.05) is 13.2 Å². The summed E-state index contributed by atoms with van der Waals surface area (Å²) < 4.78 is 10.2. The third-order valence-corrected chi connectivity index (χ3v) is 4.09. The van der Waals surface area contributed by atoms with Gasteiger partial charge in [-0.15, -0.1) is 0 Å². The summed E-state index contributed by atoms with van der Waals surface area (Å²) in [6.45, 7) is 8.27. The first-order valence-corrected chi connectivity index (χ1v) is 6.58. The molecular formula is C14H20O4. The maximum Gasteiger partial charge on any atom is 0.310 e. The molecule has 0 amide bonds. The number of carbonyl (C=O) groups is 2. The molecule has 4 heteroatoms. The molecule has 0 bridgehead atoms. The molecule has 4 nitrogen and oxygen atoms in total. The van der Waals surface area contributed by atoms with Crippen molar-refractivity contribution < 1.29 is 19.1 Å². The van der Waals surface area contributed by atoms with E-state index >= 15 is 0 Å². The molecular weight excluding hydrogens is 232 g/mol. The van der Waals surface area contributed by atoms with Crippen LogP contribution in [0.5, 0.6) is 0 Å². The summed E-state index contributed by atoms with van der Waals surface area (Å²) >= 11 is 0. The summed E-state index contributed by atoms with van der Waals surface area (Å²) in [6, 6.07) is 0. The van der Waals surface area contributed by atoms with Gasteiger partial charge in [-0.1, -0.05) is 12.2 Å². The molecule has 2 fully saturated rings. The SMILES string of the molecule is C=C1C[C@@H](C(=O)OCC)[C@H](C(=O)OCC)C12CC2. The van der Waals surface area contributed by atoms with E-state index in [1.54, 1.807) is 13.8 Å². The highest BCUT2D eigenvalue weighted by Crippen LogP contribution is 2.66. The van der Waals surface area contributed by atoms with Crippen LogP contribution in [0.1, 0.15) is 33.1 Å². The molecule has 1 spiro atoms. The number of hydrogen-bond donors (Lipinski definition) is 0. The standard InChI is InChI=1S/C14H20O4/c1-4-17-12(15)10-8-9(3)14(6-7-14)11(10)13(16)18-5-2/h10-11H,3-8H2,1-2H3/t10-,11-/m1/s1. The van der Waals surface area contributed by atoms with E-state index in [0.29, 0.717) is 19.6 Å². The van der Waals surface area contributed by atoms with Crippen LogP contribution in [0.2, 0.25) is 0 Å². The Morgan fingerprint density at radius 3 is 2.28 bits per heavy atom. The van der Waals surface area contributed by atoms with E-state index in [-0.39, 0.29) is 23.3 Å². The van der Waals surface area contributed by atoms with E-state index in [4.69, 9.17) is 9.47 Å². The predicted octanol–water partition coefficient (Wildman–Crippen LogP) is 2.09. The summed E-state index contributed by atoms with van der Waals surface area (Å²) in [4.78, 5) is 24.0. The third kappa shape index (κ3) is 1.93. The van der Waals surface area contributed by atoms with Gasteiger partial charge in [-0.25, -0.2) is 0 Å². The summed E-state index contributed by atoms with van der Waals surface area (Å²) in [5.74, 6) is -1.35. The summed E-state index contributed by atoms with van der Waals surface area (Å²) in [5.41, 5.74) is 0.836. The summed E-state index contributed by atoms with van der Waals surface area (Å²) in [7, 11) is 0. The summed E-state index contributed by atoms with van der Waals surface area (Å²) in [6.07, 6.45) is 2.43. The molecule has 2 atom stereocenters. The average Bonchev–Trinajstić information content (AvgIpc) is 3.03. The van der Waals surface area contributed by atoms with E-state index in [9.17, 15) is 9.59 Å². The van der Waals surface area contributed by atoms with E-state index in [1.807, 2.05) is 0 Å². The van der Waals surface area contributed by atoms with Crippen molar-refractivity contribution in [2.24, 2.45) is 17.3 Å². The molecule has 0 heterocycles. The number of ether oxygens (including phenoxy) is 2. The number of esters is 2. The molecule has 0 aromatic rings. The van der Waals surface area contributed by atoms with Gasteiger partial charge in [0.15, 0.2) is 0 Å². The zero-order valence-corrected chi connectivity index (χ0v) is 11.0. The van der Waals surface area contributed by atoms with Crippen LogP contribution in [0.3, 0.4) is 0 Å². The average molecular weight is 252 g/mol. The molecule has 0 aromatic heterocycles. The Bertz CT molecular complexity index is 381. The first-order chi connectivity index (χ1) is 8.56. The molecule has 2 saturated carbocycles. The van der Waals surface area contributed by atoms with Crippen molar-refractivity contribution in [1.29, 1.82) is 0 Å². The molecule has 0 aromatic carbocycles. The highest BCUT2D eigenvalue weighted by molar-refractivity contribution is 5.85. The molecule has 0 saturated heterocycles. The minimum atomic E-state index is -0.404. The smallest absolute Gasteiger partial charge is 0.310 e. The lowest BCUT2D eigenvalue weighted by Crippen LogP contribution is -2.33. The second-order valence-electron chi connectivity index (χ2n) is 5.05. The van der Waals surface area contributed by atoms with E-state index in [1.165, 1.54) is 0 Å². The monoisotopic (exact) mass is 252 g/mol. The van der Waals surface area contributed by atoms with Crippen LogP contribution in [0, 0.1) is 17.3 Å². The molecule has 2 aliphatic carbocycles. The molecule has 100 valence electrons. The van der Waals surface area contributed by atoms with Crippen LogP contribution >= 0.6 is 0 Å². The highest BCUT2D eigenvalue weighted by Gasteiger charge is 2.63. The Labute approximate surface area is 107 Å². The van der Waals surface area contributed by atoms with Crippen molar-refractivity contribution in [3.8, 4) is 0 Å². The van der Waals surface area contributed by atoms with Crippen molar-refractivity contribution in [3.05, 3.63) is 12.2 Å². The Hall–Kier alpha value is -1.32. The van der Waals surface area contributed by atoms with Gasteiger partial charge in [0.1, 0.15) is 0 Å². The van der Waals surface area contributed by atoms with Crippen LogP contribution in [-0.4, -0.2) is 25.2 Å². The number of hydrogen-bond acceptors (Lipinski definition) is 4. The number of carbonyl (C=O) groups excluding carboxylic acids is 2. The van der Waals surface area contributed by atoms with Crippen molar-refractivity contribution >= 4 is 11.9 Å². The van der Waals surface area contributed by atoms with Gasteiger partial charge in [-0.2, -0.15) is 0 Å². The van der Waals surface area contributed by atoms with Gasteiger partial charge in [-0.3, -0.25) is 9.59 Å². The van der Waals surface area contributed by atoms with E-state index < -0.39 is 5.92 Å². The molecule has 0 unspecified atom stereocenters. The first kappa shape index (κ1) is 13.1. The highest BCUT2D eigenvalue weighted by atomic mass is 16.5. The Morgan fingerprint density at radius 1 is 1.22 bits per heavy atom. The van der Waals surface area contributed by atoms with Gasteiger partial charge in [-0.05, 0) is 33.1 Å². The lowest BCUT2D eigenvalue weighted by molar-refractivity contribution is -0.160. The topological polar surface area (TPSA) is 52.6 Å². The largest absolute Gasteiger partial charge is 0.466 e. The molecule has 0 aliphatic heterocycles. The Balaban J connectivity index is 2.21. The van der Waals surface area contributed by atoms with Crippen molar-refractivity contribution in [2.45, 2.75) is 33.1 Å². The minimum absolute atomic E-state index is 0.177. The molecule has 2 rings (SSSR count). The van der Waals surface area contributed by atoms with Gasteiger partial charge < -0.3 is 9.47 Å².